The Morgan fingerprint density at radius 1 is 1.43 bits per heavy atom. The smallest absolute Gasteiger partial charge is 0.0900 e. The highest BCUT2D eigenvalue weighted by Gasteiger charge is 2.39. The van der Waals surface area contributed by atoms with Crippen LogP contribution in [0.1, 0.15) is 29.2 Å². The van der Waals surface area contributed by atoms with Crippen LogP contribution in [0.4, 0.5) is 0 Å². The largest absolute Gasteiger partial charge is 0.373 e. The van der Waals surface area contributed by atoms with Crippen molar-refractivity contribution < 1.29 is 4.74 Å². The molecule has 1 heteroatoms. The molecule has 1 aliphatic heterocycles. The summed E-state index contributed by atoms with van der Waals surface area (Å²) in [7, 11) is 0. The Morgan fingerprint density at radius 2 is 2.29 bits per heavy atom. The zero-order valence-corrected chi connectivity index (χ0v) is 8.42. The van der Waals surface area contributed by atoms with E-state index in [1.165, 1.54) is 22.3 Å². The average Bonchev–Trinajstić information content (AvgIpc) is 2.72. The van der Waals surface area contributed by atoms with Crippen LogP contribution in [0.2, 0.25) is 0 Å². The van der Waals surface area contributed by atoms with Crippen molar-refractivity contribution in [2.24, 2.45) is 5.92 Å². The van der Waals surface area contributed by atoms with Gasteiger partial charge in [0.1, 0.15) is 0 Å². The van der Waals surface area contributed by atoms with Crippen LogP contribution in [0, 0.1) is 12.8 Å². The molecule has 0 radical (unpaired) electrons. The van der Waals surface area contributed by atoms with Gasteiger partial charge in [-0.05, 0) is 30.0 Å². The molecule has 0 unspecified atom stereocenters. The van der Waals surface area contributed by atoms with Gasteiger partial charge in [-0.1, -0.05) is 30.3 Å². The predicted molar refractivity (Wildman–Crippen MR) is 57.0 cm³/mol. The highest BCUT2D eigenvalue weighted by atomic mass is 16.5. The van der Waals surface area contributed by atoms with Crippen LogP contribution in [0.15, 0.2) is 24.8 Å². The van der Waals surface area contributed by atoms with E-state index in [-0.39, 0.29) is 0 Å². The molecule has 1 saturated heterocycles. The Kier molecular flexibility index (Phi) is 1.59. The summed E-state index contributed by atoms with van der Waals surface area (Å²) in [5, 5.41) is 0. The van der Waals surface area contributed by atoms with Crippen LogP contribution in [-0.2, 0) is 4.74 Å². The molecule has 2 aliphatic rings. The normalized spacial score (nSPS) is 29.1. The van der Waals surface area contributed by atoms with Crippen LogP contribution in [0.25, 0.3) is 5.57 Å². The number of rotatable bonds is 0. The molecule has 1 heterocycles. The molecule has 1 nitrogen and oxygen atoms in total. The SMILES string of the molecule is C=C1c2cc(C)ccc2[C@@H]2OCC[C@H]12. The topological polar surface area (TPSA) is 9.23 Å². The Labute approximate surface area is 84.4 Å². The molecule has 0 aromatic heterocycles. The number of ether oxygens (including phenoxy) is 1. The van der Waals surface area contributed by atoms with Crippen molar-refractivity contribution in [1.82, 2.24) is 0 Å². The van der Waals surface area contributed by atoms with E-state index >= 15 is 0 Å². The lowest BCUT2D eigenvalue weighted by Crippen LogP contribution is -1.98. The highest BCUT2D eigenvalue weighted by molar-refractivity contribution is 5.74. The molecule has 0 N–H and O–H groups in total. The van der Waals surface area contributed by atoms with E-state index in [1.54, 1.807) is 0 Å². The molecule has 2 atom stereocenters. The second-order valence-corrected chi connectivity index (χ2v) is 4.30. The fourth-order valence-corrected chi connectivity index (χ4v) is 2.65. The minimum Gasteiger partial charge on any atom is -0.373 e. The van der Waals surface area contributed by atoms with Crippen molar-refractivity contribution in [2.75, 3.05) is 6.61 Å². The van der Waals surface area contributed by atoms with Gasteiger partial charge in [0, 0.05) is 12.5 Å². The molecule has 0 saturated carbocycles. The number of hydrogen-bond donors (Lipinski definition) is 0. The monoisotopic (exact) mass is 186 g/mol. The maximum absolute atomic E-state index is 5.75. The Morgan fingerprint density at radius 3 is 3.14 bits per heavy atom. The second kappa shape index (κ2) is 2.71. The summed E-state index contributed by atoms with van der Waals surface area (Å²) >= 11 is 0. The summed E-state index contributed by atoms with van der Waals surface area (Å²) in [5.74, 6) is 0.548. The summed E-state index contributed by atoms with van der Waals surface area (Å²) in [6.07, 6.45) is 1.44. The van der Waals surface area contributed by atoms with Gasteiger partial charge in [0.15, 0.2) is 0 Å². The van der Waals surface area contributed by atoms with E-state index in [4.69, 9.17) is 4.74 Å². The van der Waals surface area contributed by atoms with Crippen molar-refractivity contribution in [1.29, 1.82) is 0 Å². The van der Waals surface area contributed by atoms with Gasteiger partial charge in [0.2, 0.25) is 0 Å². The fourth-order valence-electron chi connectivity index (χ4n) is 2.65. The second-order valence-electron chi connectivity index (χ2n) is 4.30. The number of aryl methyl sites for hydroxylation is 1. The van der Waals surface area contributed by atoms with Crippen LogP contribution in [0.3, 0.4) is 0 Å². The minimum absolute atomic E-state index is 0.304. The number of fused-ring (bicyclic) bond motifs is 3. The fraction of sp³-hybridized carbons (Fsp3) is 0.385. The van der Waals surface area contributed by atoms with Crippen molar-refractivity contribution >= 4 is 5.57 Å². The number of hydrogen-bond acceptors (Lipinski definition) is 1. The zero-order valence-electron chi connectivity index (χ0n) is 8.42. The predicted octanol–water partition coefficient (Wildman–Crippen LogP) is 3.10. The molecule has 3 rings (SSSR count). The van der Waals surface area contributed by atoms with E-state index in [2.05, 4.69) is 31.7 Å². The molecule has 72 valence electrons. The molecule has 0 amide bonds. The molecule has 1 aromatic carbocycles. The molecule has 1 fully saturated rings. The minimum atomic E-state index is 0.304. The van der Waals surface area contributed by atoms with E-state index in [0.717, 1.165) is 13.0 Å². The third-order valence-electron chi connectivity index (χ3n) is 3.40. The van der Waals surface area contributed by atoms with Gasteiger partial charge >= 0.3 is 0 Å². The maximum Gasteiger partial charge on any atom is 0.0900 e. The molecule has 1 aliphatic carbocycles. The van der Waals surface area contributed by atoms with E-state index in [1.807, 2.05) is 0 Å². The Balaban J connectivity index is 2.17. The molecule has 0 bridgehead atoms. The average molecular weight is 186 g/mol. The maximum atomic E-state index is 5.75. The van der Waals surface area contributed by atoms with Crippen molar-refractivity contribution in [3.8, 4) is 0 Å². The first kappa shape index (κ1) is 8.25. The lowest BCUT2D eigenvalue weighted by molar-refractivity contribution is 0.105. The van der Waals surface area contributed by atoms with E-state index in [9.17, 15) is 0 Å². The summed E-state index contributed by atoms with van der Waals surface area (Å²) in [5.41, 5.74) is 5.28. The van der Waals surface area contributed by atoms with Crippen molar-refractivity contribution in [3.63, 3.8) is 0 Å². The first-order chi connectivity index (χ1) is 6.77. The van der Waals surface area contributed by atoms with Crippen LogP contribution >= 0.6 is 0 Å². The van der Waals surface area contributed by atoms with Crippen LogP contribution in [0.5, 0.6) is 0 Å². The summed E-state index contributed by atoms with van der Waals surface area (Å²) in [4.78, 5) is 0. The van der Waals surface area contributed by atoms with Gasteiger partial charge in [-0.3, -0.25) is 0 Å². The highest BCUT2D eigenvalue weighted by Crippen LogP contribution is 2.50. The standard InChI is InChI=1S/C13H14O/c1-8-3-4-11-12(7-8)9(2)10-5-6-14-13(10)11/h3-4,7,10,13H,2,5-6H2,1H3/t10-,13-/m1/s1. The van der Waals surface area contributed by atoms with Gasteiger partial charge < -0.3 is 4.74 Å². The summed E-state index contributed by atoms with van der Waals surface area (Å²) < 4.78 is 5.75. The molecule has 1 aromatic rings. The van der Waals surface area contributed by atoms with Gasteiger partial charge in [-0.2, -0.15) is 0 Å². The quantitative estimate of drug-likeness (QED) is 0.605. The Bertz CT molecular complexity index is 406. The first-order valence-electron chi connectivity index (χ1n) is 5.18. The molecular weight excluding hydrogens is 172 g/mol. The van der Waals surface area contributed by atoms with E-state index in [0.29, 0.717) is 12.0 Å². The molecule has 0 spiro atoms. The first-order valence-corrected chi connectivity index (χ1v) is 5.18. The van der Waals surface area contributed by atoms with Gasteiger partial charge in [-0.15, -0.1) is 0 Å². The lowest BCUT2D eigenvalue weighted by Gasteiger charge is -2.08. The third kappa shape index (κ3) is 0.934. The van der Waals surface area contributed by atoms with Crippen molar-refractivity contribution in [2.45, 2.75) is 19.4 Å². The van der Waals surface area contributed by atoms with Gasteiger partial charge in [0.05, 0.1) is 6.10 Å². The molecule has 14 heavy (non-hydrogen) atoms. The molecular formula is C13H14O. The van der Waals surface area contributed by atoms with Crippen LogP contribution < -0.4 is 0 Å². The van der Waals surface area contributed by atoms with Gasteiger partial charge in [0.25, 0.3) is 0 Å². The summed E-state index contributed by atoms with van der Waals surface area (Å²) in [6.45, 7) is 7.22. The zero-order chi connectivity index (χ0) is 9.71. The van der Waals surface area contributed by atoms with E-state index < -0.39 is 0 Å². The summed E-state index contributed by atoms with van der Waals surface area (Å²) in [6, 6.07) is 6.60. The lowest BCUT2D eigenvalue weighted by atomic mass is 9.98. The Hall–Kier alpha value is -1.08. The third-order valence-corrected chi connectivity index (χ3v) is 3.40. The number of benzene rings is 1. The van der Waals surface area contributed by atoms with Crippen molar-refractivity contribution in [3.05, 3.63) is 41.5 Å². The van der Waals surface area contributed by atoms with Crippen LogP contribution in [-0.4, -0.2) is 6.61 Å². The van der Waals surface area contributed by atoms with Gasteiger partial charge in [-0.25, -0.2) is 0 Å².